The van der Waals surface area contributed by atoms with Gasteiger partial charge in [0.25, 0.3) is 0 Å². The number of nitrogens with two attached hydrogens (primary N) is 1. The highest BCUT2D eigenvalue weighted by atomic mass is 19.1. The molecule has 2 saturated carbocycles. The number of aromatic nitrogens is 2. The van der Waals surface area contributed by atoms with Gasteiger partial charge in [0, 0.05) is 86.6 Å². The maximum Gasteiger partial charge on any atom is 0.328 e. The van der Waals surface area contributed by atoms with Crippen molar-refractivity contribution >= 4 is 51.6 Å². The Morgan fingerprint density at radius 3 is 2.28 bits per heavy atom. The number of benzene rings is 2. The zero-order valence-electron chi connectivity index (χ0n) is 38.4. The number of phenolic OH excluding ortho intramolecular Hbond substituents is 1. The predicted molar refractivity (Wildman–Crippen MR) is 260 cm³/mol. The summed E-state index contributed by atoms with van der Waals surface area (Å²) < 4.78 is 18.1. The number of pyridine rings is 1. The van der Waals surface area contributed by atoms with Gasteiger partial charge in [-0.1, -0.05) is 12.1 Å². The molecule has 4 aromatic rings. The number of nitrogens with zero attached hydrogens (tertiary/aromatic N) is 7. The topological polar surface area (TPSA) is 174 Å². The first-order valence-electron chi connectivity index (χ1n) is 24.8. The first-order chi connectivity index (χ1) is 32.5. The molecule has 2 aromatic carbocycles. The number of rotatable bonds is 11. The van der Waals surface area contributed by atoms with Crippen LogP contribution in [0.1, 0.15) is 107 Å². The zero-order chi connectivity index (χ0) is 46.0. The average Bonchev–Trinajstić information content (AvgIpc) is 4.05. The molecule has 2 aliphatic carbocycles. The van der Waals surface area contributed by atoms with Crippen molar-refractivity contribution in [3.05, 3.63) is 89.6 Å². The van der Waals surface area contributed by atoms with Crippen LogP contribution in [-0.4, -0.2) is 112 Å². The molecular formula is C52H64FN11O3. The Labute approximate surface area is 392 Å². The molecule has 0 radical (unpaired) electrons. The van der Waals surface area contributed by atoms with E-state index in [9.17, 15) is 14.7 Å². The summed E-state index contributed by atoms with van der Waals surface area (Å²) in [6, 6.07) is 14.9. The SMILES string of the molecule is N=C(N)/C(=C\C(=N)c1ccccc1O)N1CC2CCC(C1)N2c1ccc(F)c(N2CCC(CN3CCC4(CCC(n5cc(C6CC6)c6cc(N7CCC(=O)NC7=O)cnc65)CC4)CC3)CC2)c1. The fourth-order valence-electron chi connectivity index (χ4n) is 12.7. The van der Waals surface area contributed by atoms with Crippen molar-refractivity contribution in [1.82, 2.24) is 24.7 Å². The molecule has 1 spiro atoms. The van der Waals surface area contributed by atoms with Gasteiger partial charge in [-0.15, -0.1) is 0 Å². The number of phenols is 1. The number of nitrogens with one attached hydrogen (secondary N) is 3. The highest BCUT2D eigenvalue weighted by molar-refractivity contribution is 6.12. The molecule has 7 fully saturated rings. The Bertz CT molecular complexity index is 2600. The van der Waals surface area contributed by atoms with Crippen molar-refractivity contribution in [2.45, 2.75) is 108 Å². The van der Waals surface area contributed by atoms with Crippen molar-refractivity contribution in [3.8, 4) is 5.75 Å². The number of piperidine rings is 2. The number of urea groups is 1. The van der Waals surface area contributed by atoms with Gasteiger partial charge in [-0.2, -0.15) is 0 Å². The molecule has 5 saturated heterocycles. The number of piperazine rings is 1. The molecule has 2 unspecified atom stereocenters. The van der Waals surface area contributed by atoms with E-state index in [0.717, 1.165) is 93.7 Å². The van der Waals surface area contributed by atoms with Gasteiger partial charge < -0.3 is 40.4 Å². The van der Waals surface area contributed by atoms with Crippen molar-refractivity contribution < 1.29 is 19.1 Å². The Balaban J connectivity index is 0.672. The maximum absolute atomic E-state index is 15.7. The van der Waals surface area contributed by atoms with Crippen LogP contribution in [0, 0.1) is 28.0 Å². The van der Waals surface area contributed by atoms with E-state index >= 15 is 4.39 Å². The van der Waals surface area contributed by atoms with E-state index in [1.165, 1.54) is 44.1 Å². The highest BCUT2D eigenvalue weighted by Crippen LogP contribution is 2.50. The fourth-order valence-corrected chi connectivity index (χ4v) is 12.7. The Morgan fingerprint density at radius 1 is 0.866 bits per heavy atom. The molecule has 7 aliphatic rings. The quantitative estimate of drug-likeness (QED) is 0.0742. The van der Waals surface area contributed by atoms with Gasteiger partial charge in [-0.3, -0.25) is 20.4 Å². The molecule has 3 amide bonds. The van der Waals surface area contributed by atoms with Crippen molar-refractivity contribution in [3.63, 3.8) is 0 Å². The summed E-state index contributed by atoms with van der Waals surface area (Å²) in [7, 11) is 0. The van der Waals surface area contributed by atoms with E-state index < -0.39 is 0 Å². The van der Waals surface area contributed by atoms with E-state index in [4.69, 9.17) is 21.5 Å². The van der Waals surface area contributed by atoms with E-state index in [2.05, 4.69) is 47.8 Å². The summed E-state index contributed by atoms with van der Waals surface area (Å²) in [5.74, 6) is 0.691. The molecule has 2 bridgehead atoms. The largest absolute Gasteiger partial charge is 0.507 e. The number of likely N-dealkylation sites (tertiary alicyclic amines) is 2. The summed E-state index contributed by atoms with van der Waals surface area (Å²) in [6.07, 6.45) is 19.9. The van der Waals surface area contributed by atoms with Crippen molar-refractivity contribution in [1.29, 1.82) is 10.8 Å². The van der Waals surface area contributed by atoms with Crippen LogP contribution < -0.4 is 25.8 Å². The molecule has 14 nitrogen and oxygen atoms in total. The van der Waals surface area contributed by atoms with E-state index in [0.29, 0.717) is 66.3 Å². The lowest BCUT2D eigenvalue weighted by molar-refractivity contribution is -0.120. The number of carbonyl (C=O) groups excluding carboxylic acids is 2. The molecule has 7 heterocycles. The maximum atomic E-state index is 15.7. The number of allylic oxidation sites excluding steroid dienone is 1. The lowest BCUT2D eigenvalue weighted by Crippen LogP contribution is -2.54. The van der Waals surface area contributed by atoms with Crippen LogP contribution in [0.2, 0.25) is 0 Å². The standard InChI is InChI=1S/C52H64FN11O3/c53-43-10-9-36(64-37-7-8-38(64)31-61(30-37)46(49(55)56)27-44(54)40-3-1-2-4-47(40)65)26-45(43)60-20-13-33(14-21-60)29-59-23-18-52(19-24-59)16-11-35(12-17-52)63-32-42(34-5-6-34)41-25-39(28-57-50(41)63)62-22-15-48(66)58-51(62)67/h1-4,9-10,25-28,32-35,37-38,54,65H,5-8,11-24,29-31H2,(H3,55,56)(H,58,66,67)/b46-27+,54-44?. The summed E-state index contributed by atoms with van der Waals surface area (Å²) in [5, 5.41) is 31.0. The van der Waals surface area contributed by atoms with Gasteiger partial charge in [0.05, 0.1) is 29.0 Å². The zero-order valence-corrected chi connectivity index (χ0v) is 38.4. The Morgan fingerprint density at radius 2 is 1.60 bits per heavy atom. The second-order valence-electron chi connectivity index (χ2n) is 20.8. The van der Waals surface area contributed by atoms with Crippen LogP contribution in [0.3, 0.4) is 0 Å². The third-order valence-electron chi connectivity index (χ3n) is 16.7. The highest BCUT2D eigenvalue weighted by Gasteiger charge is 2.43. The number of halogens is 1. The Kier molecular flexibility index (Phi) is 11.5. The molecule has 352 valence electrons. The minimum absolute atomic E-state index is 0.0212. The second-order valence-corrected chi connectivity index (χ2v) is 20.8. The number of amidine groups is 1. The molecule has 2 atom stereocenters. The molecular weight excluding hydrogens is 846 g/mol. The molecule has 2 aromatic heterocycles. The average molecular weight is 910 g/mol. The van der Waals surface area contributed by atoms with Crippen molar-refractivity contribution in [2.24, 2.45) is 17.1 Å². The summed E-state index contributed by atoms with van der Waals surface area (Å²) in [5.41, 5.74) is 12.4. The monoisotopic (exact) mass is 910 g/mol. The number of fused-ring (bicyclic) bond motifs is 3. The predicted octanol–water partition coefficient (Wildman–Crippen LogP) is 7.86. The second kappa shape index (κ2) is 17.6. The van der Waals surface area contributed by atoms with Crippen molar-refractivity contribution in [2.75, 3.05) is 67.1 Å². The van der Waals surface area contributed by atoms with Gasteiger partial charge in [0.2, 0.25) is 5.91 Å². The van der Waals surface area contributed by atoms with Crippen LogP contribution in [0.5, 0.6) is 5.75 Å². The molecule has 6 N–H and O–H groups in total. The number of aromatic hydroxyl groups is 1. The summed E-state index contributed by atoms with van der Waals surface area (Å²) >= 11 is 0. The van der Waals surface area contributed by atoms with Crippen LogP contribution >= 0.6 is 0 Å². The van der Waals surface area contributed by atoms with E-state index in [-0.39, 0.29) is 47.1 Å². The first kappa shape index (κ1) is 43.6. The van der Waals surface area contributed by atoms with Crippen LogP contribution in [-0.2, 0) is 4.79 Å². The van der Waals surface area contributed by atoms with Gasteiger partial charge >= 0.3 is 6.03 Å². The van der Waals surface area contributed by atoms with Gasteiger partial charge in [0.1, 0.15) is 23.0 Å². The van der Waals surface area contributed by atoms with Gasteiger partial charge in [0.15, 0.2) is 0 Å². The third kappa shape index (κ3) is 8.52. The third-order valence-corrected chi connectivity index (χ3v) is 16.7. The van der Waals surface area contributed by atoms with Crippen LogP contribution in [0.15, 0.2) is 72.7 Å². The number of carbonyl (C=O) groups is 2. The molecule has 11 rings (SSSR count). The normalized spacial score (nSPS) is 24.2. The van der Waals surface area contributed by atoms with Crippen LogP contribution in [0.25, 0.3) is 11.0 Å². The first-order valence-corrected chi connectivity index (χ1v) is 24.8. The fraction of sp³-hybridized carbons (Fsp3) is 0.519. The number of imide groups is 1. The number of hydrogen-bond acceptors (Lipinski definition) is 10. The van der Waals surface area contributed by atoms with E-state index in [1.807, 2.05) is 12.3 Å². The number of amides is 3. The molecule has 67 heavy (non-hydrogen) atoms. The van der Waals surface area contributed by atoms with Gasteiger partial charge in [-0.05, 0) is 155 Å². The molecule has 5 aliphatic heterocycles. The van der Waals surface area contributed by atoms with Gasteiger partial charge in [-0.25, -0.2) is 14.2 Å². The molecule has 15 heteroatoms. The smallest absolute Gasteiger partial charge is 0.328 e. The Hall–Kier alpha value is -5.96. The number of anilines is 3. The summed E-state index contributed by atoms with van der Waals surface area (Å²) in [6.45, 7) is 6.79. The lowest BCUT2D eigenvalue weighted by atomic mass is 9.67. The van der Waals surface area contributed by atoms with Crippen LogP contribution in [0.4, 0.5) is 26.2 Å². The minimum atomic E-state index is -0.368. The lowest BCUT2D eigenvalue weighted by Gasteiger charge is -2.47. The minimum Gasteiger partial charge on any atom is -0.507 e. The number of para-hydroxylation sites is 1. The number of hydrogen-bond donors (Lipinski definition) is 5. The van der Waals surface area contributed by atoms with E-state index in [1.54, 1.807) is 41.3 Å². The summed E-state index contributed by atoms with van der Waals surface area (Å²) in [4.78, 5) is 40.5.